The molecule has 4 rings (SSSR count). The number of nitrogens with zero attached hydrogens (tertiary/aromatic N) is 4. The van der Waals surface area contributed by atoms with Crippen molar-refractivity contribution in [1.29, 1.82) is 0 Å². The number of amides is 1. The van der Waals surface area contributed by atoms with Crippen LogP contribution >= 0.6 is 0 Å². The number of methoxy groups -OCH3 is 1. The maximum absolute atomic E-state index is 12.6. The summed E-state index contributed by atoms with van der Waals surface area (Å²) in [4.78, 5) is 26.5. The minimum absolute atomic E-state index is 0.0844. The molecule has 1 atom stereocenters. The number of benzene rings is 1. The zero-order valence-corrected chi connectivity index (χ0v) is 17.0. The molecule has 7 nitrogen and oxygen atoms in total. The molecule has 0 spiro atoms. The second-order valence-corrected chi connectivity index (χ2v) is 7.64. The van der Waals surface area contributed by atoms with E-state index in [2.05, 4.69) is 31.9 Å². The molecule has 7 heteroatoms. The van der Waals surface area contributed by atoms with Crippen molar-refractivity contribution < 1.29 is 9.53 Å². The lowest BCUT2D eigenvalue weighted by molar-refractivity contribution is -0.128. The lowest BCUT2D eigenvalue weighted by Crippen LogP contribution is -2.55. The average molecular weight is 396 g/mol. The van der Waals surface area contributed by atoms with Crippen molar-refractivity contribution in [2.24, 2.45) is 0 Å². The maximum atomic E-state index is 12.6. The number of carbonyl (C=O) groups excluding carboxylic acids is 1. The molecule has 0 radical (unpaired) electrons. The second-order valence-electron chi connectivity index (χ2n) is 7.64. The predicted molar refractivity (Wildman–Crippen MR) is 114 cm³/mol. The SMILES string of the molecule is COc1ccc(N2CCN([C@H]3CCCN(C(=O)/C=C/c4cnc[nH]4)C3)CC2)cc1. The van der Waals surface area contributed by atoms with Crippen LogP contribution in [-0.2, 0) is 4.79 Å². The molecule has 1 aromatic heterocycles. The number of piperidine rings is 1. The Balaban J connectivity index is 1.29. The van der Waals surface area contributed by atoms with Gasteiger partial charge in [-0.2, -0.15) is 0 Å². The lowest BCUT2D eigenvalue weighted by atomic mass is 10.0. The van der Waals surface area contributed by atoms with E-state index in [-0.39, 0.29) is 5.91 Å². The monoisotopic (exact) mass is 395 g/mol. The summed E-state index contributed by atoms with van der Waals surface area (Å²) in [5.41, 5.74) is 2.09. The molecule has 0 unspecified atom stereocenters. The Hall–Kier alpha value is -2.80. The van der Waals surface area contributed by atoms with Crippen molar-refractivity contribution in [2.75, 3.05) is 51.3 Å². The van der Waals surface area contributed by atoms with E-state index in [1.54, 1.807) is 31.8 Å². The second kappa shape index (κ2) is 9.13. The number of H-pyrrole nitrogens is 1. The molecule has 29 heavy (non-hydrogen) atoms. The predicted octanol–water partition coefficient (Wildman–Crippen LogP) is 2.24. The van der Waals surface area contributed by atoms with Gasteiger partial charge in [-0.25, -0.2) is 4.98 Å². The Morgan fingerprint density at radius 2 is 1.97 bits per heavy atom. The zero-order valence-electron chi connectivity index (χ0n) is 17.0. The van der Waals surface area contributed by atoms with Crippen LogP contribution in [0.3, 0.4) is 0 Å². The first-order valence-electron chi connectivity index (χ1n) is 10.3. The molecule has 2 saturated heterocycles. The third-order valence-corrected chi connectivity index (χ3v) is 5.90. The van der Waals surface area contributed by atoms with Crippen LogP contribution in [0.2, 0.25) is 0 Å². The number of piperazine rings is 1. The number of ether oxygens (including phenoxy) is 1. The molecule has 0 saturated carbocycles. The third-order valence-electron chi connectivity index (χ3n) is 5.90. The molecule has 0 aliphatic carbocycles. The van der Waals surface area contributed by atoms with Crippen LogP contribution in [0.5, 0.6) is 5.75 Å². The Bertz CT molecular complexity index is 810. The summed E-state index contributed by atoms with van der Waals surface area (Å²) in [5.74, 6) is 0.974. The fraction of sp³-hybridized carbons (Fsp3) is 0.455. The van der Waals surface area contributed by atoms with Crippen LogP contribution in [-0.4, -0.2) is 78.1 Å². The first kappa shape index (κ1) is 19.5. The van der Waals surface area contributed by atoms with E-state index in [9.17, 15) is 4.79 Å². The van der Waals surface area contributed by atoms with Crippen molar-refractivity contribution in [1.82, 2.24) is 19.8 Å². The molecule has 1 amide bonds. The summed E-state index contributed by atoms with van der Waals surface area (Å²) in [6, 6.07) is 8.74. The van der Waals surface area contributed by atoms with E-state index in [1.165, 1.54) is 5.69 Å². The number of aromatic nitrogens is 2. The van der Waals surface area contributed by atoms with Gasteiger partial charge in [0, 0.05) is 57.1 Å². The van der Waals surface area contributed by atoms with Gasteiger partial charge in [-0.3, -0.25) is 9.69 Å². The van der Waals surface area contributed by atoms with Gasteiger partial charge in [-0.05, 0) is 43.2 Å². The van der Waals surface area contributed by atoms with E-state index in [0.717, 1.165) is 63.6 Å². The first-order valence-corrected chi connectivity index (χ1v) is 10.3. The lowest BCUT2D eigenvalue weighted by Gasteiger charge is -2.43. The van der Waals surface area contributed by atoms with Gasteiger partial charge < -0.3 is 19.5 Å². The van der Waals surface area contributed by atoms with Crippen molar-refractivity contribution >= 4 is 17.7 Å². The molecule has 154 valence electrons. The molecule has 3 heterocycles. The quantitative estimate of drug-likeness (QED) is 0.787. The van der Waals surface area contributed by atoms with Crippen LogP contribution in [0.15, 0.2) is 42.9 Å². The van der Waals surface area contributed by atoms with Crippen molar-refractivity contribution in [3.05, 3.63) is 48.6 Å². The molecule has 2 aliphatic rings. The number of nitrogens with one attached hydrogen (secondary N) is 1. The summed E-state index contributed by atoms with van der Waals surface area (Å²) >= 11 is 0. The highest BCUT2D eigenvalue weighted by Gasteiger charge is 2.29. The molecule has 0 bridgehead atoms. The maximum Gasteiger partial charge on any atom is 0.246 e. The van der Waals surface area contributed by atoms with E-state index < -0.39 is 0 Å². The Morgan fingerprint density at radius 3 is 2.66 bits per heavy atom. The summed E-state index contributed by atoms with van der Waals surface area (Å²) in [5, 5.41) is 0. The van der Waals surface area contributed by atoms with Crippen molar-refractivity contribution in [3.63, 3.8) is 0 Å². The topological polar surface area (TPSA) is 64.7 Å². The zero-order chi connectivity index (χ0) is 20.1. The molecular formula is C22H29N5O2. The number of hydrogen-bond donors (Lipinski definition) is 1. The van der Waals surface area contributed by atoms with Crippen LogP contribution < -0.4 is 9.64 Å². The van der Waals surface area contributed by atoms with E-state index >= 15 is 0 Å². The minimum Gasteiger partial charge on any atom is -0.497 e. The van der Waals surface area contributed by atoms with Crippen LogP contribution in [0, 0.1) is 0 Å². The van der Waals surface area contributed by atoms with E-state index in [0.29, 0.717) is 6.04 Å². The van der Waals surface area contributed by atoms with Gasteiger partial charge in [0.1, 0.15) is 5.75 Å². The third kappa shape index (κ3) is 4.79. The minimum atomic E-state index is 0.0844. The Labute approximate surface area is 172 Å². The Kier molecular flexibility index (Phi) is 6.14. The van der Waals surface area contributed by atoms with Crippen molar-refractivity contribution in [3.8, 4) is 5.75 Å². The highest BCUT2D eigenvalue weighted by Crippen LogP contribution is 2.23. The molecule has 1 aromatic carbocycles. The van der Waals surface area contributed by atoms with Gasteiger partial charge in [-0.15, -0.1) is 0 Å². The summed E-state index contributed by atoms with van der Waals surface area (Å²) in [6.45, 7) is 5.74. The number of rotatable bonds is 5. The van der Waals surface area contributed by atoms with Crippen LogP contribution in [0.1, 0.15) is 18.5 Å². The van der Waals surface area contributed by atoms with Gasteiger partial charge in [0.05, 0.1) is 25.3 Å². The highest BCUT2D eigenvalue weighted by molar-refractivity contribution is 5.91. The largest absolute Gasteiger partial charge is 0.497 e. The van der Waals surface area contributed by atoms with E-state index in [1.807, 2.05) is 17.0 Å². The van der Waals surface area contributed by atoms with Gasteiger partial charge in [0.2, 0.25) is 5.91 Å². The van der Waals surface area contributed by atoms with Gasteiger partial charge in [-0.1, -0.05) is 0 Å². The molecule has 2 aromatic rings. The smallest absolute Gasteiger partial charge is 0.246 e. The number of aromatic amines is 1. The van der Waals surface area contributed by atoms with E-state index in [4.69, 9.17) is 4.74 Å². The van der Waals surface area contributed by atoms with Crippen LogP contribution in [0.25, 0.3) is 6.08 Å². The van der Waals surface area contributed by atoms with Crippen LogP contribution in [0.4, 0.5) is 5.69 Å². The highest BCUT2D eigenvalue weighted by atomic mass is 16.5. The summed E-state index contributed by atoms with van der Waals surface area (Å²) in [6.07, 6.45) is 9.01. The summed E-state index contributed by atoms with van der Waals surface area (Å²) in [7, 11) is 1.69. The number of imidazole rings is 1. The summed E-state index contributed by atoms with van der Waals surface area (Å²) < 4.78 is 5.25. The van der Waals surface area contributed by atoms with Gasteiger partial charge in [0.15, 0.2) is 0 Å². The average Bonchev–Trinajstić information content (AvgIpc) is 3.31. The fourth-order valence-corrected chi connectivity index (χ4v) is 4.22. The standard InChI is InChI=1S/C22H29N5O2/c1-29-21-7-5-19(6-8-21)25-11-13-26(14-12-25)20-3-2-10-27(16-20)22(28)9-4-18-15-23-17-24-18/h4-9,15,17,20H,2-3,10-14,16H2,1H3,(H,23,24)/b9-4+/t20-/m0/s1. The number of anilines is 1. The van der Waals surface area contributed by atoms with Crippen molar-refractivity contribution in [2.45, 2.75) is 18.9 Å². The fourth-order valence-electron chi connectivity index (χ4n) is 4.22. The first-order chi connectivity index (χ1) is 14.2. The van der Waals surface area contributed by atoms with Gasteiger partial charge in [0.25, 0.3) is 0 Å². The number of hydrogen-bond acceptors (Lipinski definition) is 5. The molecule has 1 N–H and O–H groups in total. The number of likely N-dealkylation sites (tertiary alicyclic amines) is 1. The molecule has 2 fully saturated rings. The van der Waals surface area contributed by atoms with Gasteiger partial charge >= 0.3 is 0 Å². The molecular weight excluding hydrogens is 366 g/mol. The number of carbonyl (C=O) groups is 1. The molecule has 2 aliphatic heterocycles. The Morgan fingerprint density at radius 1 is 1.17 bits per heavy atom. The normalized spacial score (nSPS) is 20.9.